The minimum atomic E-state index is -0.0865. The Hall–Kier alpha value is -0.770. The van der Waals surface area contributed by atoms with Gasteiger partial charge in [-0.15, -0.1) is 0 Å². The molecule has 94 valence electrons. The Bertz CT molecular complexity index is 376. The van der Waals surface area contributed by atoms with Crippen LogP contribution in [0, 0.1) is 0 Å². The first-order valence-electron chi connectivity index (χ1n) is 5.41. The highest BCUT2D eigenvalue weighted by atomic mass is 35.5. The largest absolute Gasteiger partial charge is 0.395 e. The number of likely N-dealkylation sites (N-methyl/N-ethyl adjacent to an activating group) is 1. The first-order valence-corrected chi connectivity index (χ1v) is 6.17. The summed E-state index contributed by atoms with van der Waals surface area (Å²) in [5, 5.41) is 9.83. The first-order chi connectivity index (χ1) is 8.10. The number of benzene rings is 1. The van der Waals surface area contributed by atoms with Crippen LogP contribution in [0.4, 0.5) is 0 Å². The zero-order valence-electron chi connectivity index (χ0n) is 9.62. The van der Waals surface area contributed by atoms with Gasteiger partial charge in [0.15, 0.2) is 0 Å². The first kappa shape index (κ1) is 14.3. The Kier molecular flexibility index (Phi) is 5.75. The maximum Gasteiger partial charge on any atom is 0.227 e. The number of aliphatic hydroxyl groups is 1. The summed E-state index contributed by atoms with van der Waals surface area (Å²) in [5.41, 5.74) is 0.636. The Morgan fingerprint density at radius 2 is 1.94 bits per heavy atom. The molecule has 0 radical (unpaired) electrons. The van der Waals surface area contributed by atoms with Crippen molar-refractivity contribution in [3.63, 3.8) is 0 Å². The topological polar surface area (TPSA) is 40.5 Å². The molecular formula is C12H15Cl2NO2. The van der Waals surface area contributed by atoms with Gasteiger partial charge in [-0.25, -0.2) is 0 Å². The molecule has 0 atom stereocenters. The van der Waals surface area contributed by atoms with Crippen molar-refractivity contribution < 1.29 is 9.90 Å². The summed E-state index contributed by atoms with van der Waals surface area (Å²) in [6.45, 7) is 2.70. The lowest BCUT2D eigenvalue weighted by Gasteiger charge is -2.20. The summed E-state index contributed by atoms with van der Waals surface area (Å²) in [5.74, 6) is -0.0865. The maximum atomic E-state index is 11.9. The molecule has 0 saturated carbocycles. The van der Waals surface area contributed by atoms with Crippen molar-refractivity contribution in [2.24, 2.45) is 0 Å². The fourth-order valence-electron chi connectivity index (χ4n) is 1.54. The molecule has 0 spiro atoms. The van der Waals surface area contributed by atoms with Crippen molar-refractivity contribution in [2.45, 2.75) is 13.3 Å². The number of aliphatic hydroxyl groups excluding tert-OH is 1. The van der Waals surface area contributed by atoms with Gasteiger partial charge in [0.05, 0.1) is 13.0 Å². The lowest BCUT2D eigenvalue weighted by atomic mass is 10.1. The van der Waals surface area contributed by atoms with Crippen LogP contribution >= 0.6 is 23.2 Å². The molecular weight excluding hydrogens is 261 g/mol. The van der Waals surface area contributed by atoms with Crippen molar-refractivity contribution in [3.05, 3.63) is 33.8 Å². The number of hydrogen-bond acceptors (Lipinski definition) is 2. The highest BCUT2D eigenvalue weighted by molar-refractivity contribution is 6.36. The Morgan fingerprint density at radius 1 is 1.35 bits per heavy atom. The number of carbonyl (C=O) groups excluding carboxylic acids is 1. The van der Waals surface area contributed by atoms with Crippen molar-refractivity contribution in [1.82, 2.24) is 4.90 Å². The number of halogens is 2. The van der Waals surface area contributed by atoms with Crippen molar-refractivity contribution >= 4 is 29.1 Å². The van der Waals surface area contributed by atoms with Gasteiger partial charge in [0, 0.05) is 23.1 Å². The summed E-state index contributed by atoms with van der Waals surface area (Å²) in [6.07, 6.45) is 0.159. The van der Waals surface area contributed by atoms with Gasteiger partial charge >= 0.3 is 0 Å². The number of hydrogen-bond donors (Lipinski definition) is 1. The normalized spacial score (nSPS) is 10.4. The monoisotopic (exact) mass is 275 g/mol. The van der Waals surface area contributed by atoms with Gasteiger partial charge in [0.2, 0.25) is 5.91 Å². The van der Waals surface area contributed by atoms with Crippen molar-refractivity contribution in [2.75, 3.05) is 19.7 Å². The third kappa shape index (κ3) is 3.87. The van der Waals surface area contributed by atoms with E-state index in [0.717, 1.165) is 0 Å². The van der Waals surface area contributed by atoms with Gasteiger partial charge in [0.1, 0.15) is 0 Å². The number of nitrogens with zero attached hydrogens (tertiary/aromatic N) is 1. The molecule has 1 rings (SSSR count). The second-order valence-electron chi connectivity index (χ2n) is 3.57. The average Bonchev–Trinajstić information content (AvgIpc) is 2.30. The quantitative estimate of drug-likeness (QED) is 0.897. The van der Waals surface area contributed by atoms with Crippen LogP contribution in [0.25, 0.3) is 0 Å². The van der Waals surface area contributed by atoms with Crippen LogP contribution in [0.15, 0.2) is 18.2 Å². The molecule has 0 heterocycles. The lowest BCUT2D eigenvalue weighted by molar-refractivity contribution is -0.130. The minimum absolute atomic E-state index is 0.0458. The molecule has 1 N–H and O–H groups in total. The molecule has 0 fully saturated rings. The van der Waals surface area contributed by atoms with Gasteiger partial charge < -0.3 is 10.0 Å². The van der Waals surface area contributed by atoms with E-state index in [1.165, 1.54) is 0 Å². The lowest BCUT2D eigenvalue weighted by Crippen LogP contribution is -2.34. The van der Waals surface area contributed by atoms with E-state index in [2.05, 4.69) is 0 Å². The molecule has 0 bridgehead atoms. The third-order valence-corrected chi connectivity index (χ3v) is 3.20. The molecule has 0 aromatic heterocycles. The summed E-state index contributed by atoms with van der Waals surface area (Å²) >= 11 is 12.0. The number of rotatable bonds is 5. The van der Waals surface area contributed by atoms with Crippen LogP contribution < -0.4 is 0 Å². The van der Waals surface area contributed by atoms with E-state index in [4.69, 9.17) is 28.3 Å². The molecule has 1 aromatic rings. The SMILES string of the molecule is CCN(CCO)C(=O)Cc1c(Cl)cccc1Cl. The van der Waals surface area contributed by atoms with Gasteiger partial charge in [0.25, 0.3) is 0 Å². The molecule has 0 aliphatic carbocycles. The molecule has 0 unspecified atom stereocenters. The fourth-order valence-corrected chi connectivity index (χ4v) is 2.08. The molecule has 3 nitrogen and oxygen atoms in total. The second kappa shape index (κ2) is 6.84. The van der Waals surface area contributed by atoms with Gasteiger partial charge in [-0.2, -0.15) is 0 Å². The highest BCUT2D eigenvalue weighted by Gasteiger charge is 2.15. The van der Waals surface area contributed by atoms with E-state index < -0.39 is 0 Å². The van der Waals surface area contributed by atoms with Crippen LogP contribution in [-0.2, 0) is 11.2 Å². The fraction of sp³-hybridized carbons (Fsp3) is 0.417. The van der Waals surface area contributed by atoms with E-state index in [1.807, 2.05) is 6.92 Å². The predicted molar refractivity (Wildman–Crippen MR) is 69.5 cm³/mol. The Balaban J connectivity index is 2.80. The molecule has 17 heavy (non-hydrogen) atoms. The molecule has 0 aliphatic rings. The van der Waals surface area contributed by atoms with Crippen LogP contribution in [0.2, 0.25) is 10.0 Å². The number of amides is 1. The van der Waals surface area contributed by atoms with Gasteiger partial charge in [-0.05, 0) is 24.6 Å². The van der Waals surface area contributed by atoms with Crippen LogP contribution in [0.3, 0.4) is 0 Å². The zero-order chi connectivity index (χ0) is 12.8. The Labute approximate surface area is 111 Å². The molecule has 5 heteroatoms. The van der Waals surface area contributed by atoms with Crippen LogP contribution in [0.1, 0.15) is 12.5 Å². The summed E-state index contributed by atoms with van der Waals surface area (Å²) < 4.78 is 0. The standard InChI is InChI=1S/C12H15Cl2NO2/c1-2-15(6-7-16)12(17)8-9-10(13)4-3-5-11(9)14/h3-5,16H,2,6-8H2,1H3. The van der Waals surface area contributed by atoms with Crippen molar-refractivity contribution in [1.29, 1.82) is 0 Å². The minimum Gasteiger partial charge on any atom is -0.395 e. The third-order valence-electron chi connectivity index (χ3n) is 2.49. The van der Waals surface area contributed by atoms with Crippen LogP contribution in [-0.4, -0.2) is 35.6 Å². The maximum absolute atomic E-state index is 11.9. The molecule has 0 saturated heterocycles. The van der Waals surface area contributed by atoms with E-state index in [-0.39, 0.29) is 18.9 Å². The van der Waals surface area contributed by atoms with Gasteiger partial charge in [-0.3, -0.25) is 4.79 Å². The van der Waals surface area contributed by atoms with Crippen molar-refractivity contribution in [3.8, 4) is 0 Å². The van der Waals surface area contributed by atoms with E-state index in [9.17, 15) is 4.79 Å². The molecule has 1 aromatic carbocycles. The zero-order valence-corrected chi connectivity index (χ0v) is 11.1. The molecule has 0 aliphatic heterocycles. The predicted octanol–water partition coefficient (Wildman–Crippen LogP) is 2.38. The summed E-state index contributed by atoms with van der Waals surface area (Å²) in [6, 6.07) is 5.15. The Morgan fingerprint density at radius 3 is 2.41 bits per heavy atom. The molecule has 1 amide bonds. The summed E-state index contributed by atoms with van der Waals surface area (Å²) in [7, 11) is 0. The second-order valence-corrected chi connectivity index (χ2v) is 4.39. The average molecular weight is 276 g/mol. The van der Waals surface area contributed by atoms with E-state index in [0.29, 0.717) is 28.7 Å². The highest BCUT2D eigenvalue weighted by Crippen LogP contribution is 2.25. The smallest absolute Gasteiger partial charge is 0.227 e. The van der Waals surface area contributed by atoms with E-state index in [1.54, 1.807) is 23.1 Å². The number of carbonyl (C=O) groups is 1. The van der Waals surface area contributed by atoms with E-state index >= 15 is 0 Å². The van der Waals surface area contributed by atoms with Crippen LogP contribution in [0.5, 0.6) is 0 Å². The summed E-state index contributed by atoms with van der Waals surface area (Å²) in [4.78, 5) is 13.5. The van der Waals surface area contributed by atoms with Gasteiger partial charge in [-0.1, -0.05) is 29.3 Å².